The maximum Gasteiger partial charge on any atom is 0.226 e. The van der Waals surface area contributed by atoms with Crippen LogP contribution in [-0.4, -0.2) is 17.2 Å². The maximum absolute atomic E-state index is 13.6. The summed E-state index contributed by atoms with van der Waals surface area (Å²) in [6.07, 6.45) is 0. The molecule has 0 bridgehead atoms. The van der Waals surface area contributed by atoms with Crippen LogP contribution in [0.4, 0.5) is 17.6 Å². The standard InChI is InChI=1S/C15H19F4NOS/c1-14(2,3)20-13(21)15(4,5)7-22-12-10(18)8(16)6-9(17)11(12)19/h6H,7H2,1-5H3,(H,20,21). The van der Waals surface area contributed by atoms with Crippen molar-refractivity contribution < 1.29 is 22.4 Å². The van der Waals surface area contributed by atoms with Crippen molar-refractivity contribution in [2.75, 3.05) is 5.75 Å². The molecule has 1 aromatic carbocycles. The van der Waals surface area contributed by atoms with Gasteiger partial charge in [-0.25, -0.2) is 17.6 Å². The molecule has 0 heterocycles. The van der Waals surface area contributed by atoms with Crippen molar-refractivity contribution in [3.63, 3.8) is 0 Å². The van der Waals surface area contributed by atoms with E-state index in [0.29, 0.717) is 11.8 Å². The molecule has 7 heteroatoms. The van der Waals surface area contributed by atoms with Crippen LogP contribution in [0.15, 0.2) is 11.0 Å². The Bertz CT molecular complexity index is 556. The third kappa shape index (κ3) is 4.63. The summed E-state index contributed by atoms with van der Waals surface area (Å²) in [7, 11) is 0. The van der Waals surface area contributed by atoms with E-state index in [1.807, 2.05) is 0 Å². The molecule has 0 saturated carbocycles. The first kappa shape index (κ1) is 18.8. The molecule has 0 unspecified atom stereocenters. The third-order valence-corrected chi connectivity index (χ3v) is 4.27. The first-order chi connectivity index (χ1) is 9.85. The Morgan fingerprint density at radius 3 is 1.91 bits per heavy atom. The summed E-state index contributed by atoms with van der Waals surface area (Å²) < 4.78 is 53.5. The molecule has 0 aliphatic heterocycles. The molecule has 1 N–H and O–H groups in total. The SMILES string of the molecule is CC(C)(C)NC(=O)C(C)(C)CSc1c(F)c(F)cc(F)c1F. The Morgan fingerprint density at radius 1 is 1.05 bits per heavy atom. The van der Waals surface area contributed by atoms with E-state index >= 15 is 0 Å². The number of hydrogen-bond acceptors (Lipinski definition) is 2. The Kier molecular flexibility index (Phi) is 5.54. The lowest BCUT2D eigenvalue weighted by Gasteiger charge is -2.29. The fourth-order valence-electron chi connectivity index (χ4n) is 1.51. The molecule has 0 spiro atoms. The van der Waals surface area contributed by atoms with Crippen molar-refractivity contribution >= 4 is 17.7 Å². The zero-order valence-corrected chi connectivity index (χ0v) is 13.9. The van der Waals surface area contributed by atoms with Crippen LogP contribution in [0, 0.1) is 28.7 Å². The summed E-state index contributed by atoms with van der Waals surface area (Å²) in [6.45, 7) is 8.58. The quantitative estimate of drug-likeness (QED) is 0.505. The molecule has 0 radical (unpaired) electrons. The molecule has 1 aromatic rings. The predicted molar refractivity (Wildman–Crippen MR) is 78.7 cm³/mol. The molecule has 0 aliphatic rings. The van der Waals surface area contributed by atoms with E-state index in [-0.39, 0.29) is 17.7 Å². The fraction of sp³-hybridized carbons (Fsp3) is 0.533. The number of hydrogen-bond donors (Lipinski definition) is 1. The smallest absolute Gasteiger partial charge is 0.226 e. The molecule has 2 nitrogen and oxygen atoms in total. The van der Waals surface area contributed by atoms with E-state index in [9.17, 15) is 22.4 Å². The van der Waals surface area contributed by atoms with Gasteiger partial charge in [0.05, 0.1) is 10.3 Å². The van der Waals surface area contributed by atoms with Crippen molar-refractivity contribution in [2.24, 2.45) is 5.41 Å². The highest BCUT2D eigenvalue weighted by molar-refractivity contribution is 7.99. The fourth-order valence-corrected chi connectivity index (χ4v) is 2.59. The molecule has 0 aliphatic carbocycles. The van der Waals surface area contributed by atoms with E-state index in [2.05, 4.69) is 5.32 Å². The number of halogens is 4. The minimum atomic E-state index is -1.46. The Balaban J connectivity index is 2.92. The number of benzene rings is 1. The lowest BCUT2D eigenvalue weighted by molar-refractivity contribution is -0.129. The Morgan fingerprint density at radius 2 is 1.50 bits per heavy atom. The second-order valence-corrected chi connectivity index (χ2v) is 7.66. The van der Waals surface area contributed by atoms with E-state index in [4.69, 9.17) is 0 Å². The summed E-state index contributed by atoms with van der Waals surface area (Å²) in [6, 6.07) is 0.159. The Labute approximate surface area is 131 Å². The zero-order chi connectivity index (χ0) is 17.3. The molecular weight excluding hydrogens is 318 g/mol. The van der Waals surface area contributed by atoms with Gasteiger partial charge in [0.1, 0.15) is 0 Å². The number of carbonyl (C=O) groups is 1. The minimum absolute atomic E-state index is 0.0361. The first-order valence-corrected chi connectivity index (χ1v) is 7.62. The van der Waals surface area contributed by atoms with Gasteiger partial charge in [-0.15, -0.1) is 11.8 Å². The minimum Gasteiger partial charge on any atom is -0.351 e. The van der Waals surface area contributed by atoms with Crippen LogP contribution < -0.4 is 5.32 Å². The normalized spacial score (nSPS) is 12.4. The van der Waals surface area contributed by atoms with Crippen LogP contribution in [0.1, 0.15) is 34.6 Å². The topological polar surface area (TPSA) is 29.1 Å². The van der Waals surface area contributed by atoms with Gasteiger partial charge in [-0.1, -0.05) is 13.8 Å². The van der Waals surface area contributed by atoms with Gasteiger partial charge in [-0.05, 0) is 20.8 Å². The van der Waals surface area contributed by atoms with Crippen LogP contribution in [0.2, 0.25) is 0 Å². The van der Waals surface area contributed by atoms with Crippen molar-refractivity contribution in [1.29, 1.82) is 0 Å². The molecule has 22 heavy (non-hydrogen) atoms. The van der Waals surface area contributed by atoms with E-state index < -0.39 is 39.1 Å². The van der Waals surface area contributed by atoms with Gasteiger partial charge in [0.2, 0.25) is 5.91 Å². The van der Waals surface area contributed by atoms with Crippen molar-refractivity contribution in [1.82, 2.24) is 5.32 Å². The predicted octanol–water partition coefficient (Wildman–Crippen LogP) is 4.28. The number of nitrogens with one attached hydrogen (secondary N) is 1. The summed E-state index contributed by atoms with van der Waals surface area (Å²) in [5.74, 6) is -6.17. The van der Waals surface area contributed by atoms with Gasteiger partial charge < -0.3 is 5.32 Å². The number of rotatable bonds is 4. The van der Waals surface area contributed by atoms with Gasteiger partial charge in [-0.2, -0.15) is 0 Å². The second-order valence-electron chi connectivity index (χ2n) is 6.67. The van der Waals surface area contributed by atoms with Gasteiger partial charge >= 0.3 is 0 Å². The molecule has 1 amide bonds. The third-order valence-electron chi connectivity index (χ3n) is 2.75. The van der Waals surface area contributed by atoms with Crippen LogP contribution in [0.5, 0.6) is 0 Å². The largest absolute Gasteiger partial charge is 0.351 e. The molecule has 0 aromatic heterocycles. The molecule has 1 rings (SSSR count). The lowest BCUT2D eigenvalue weighted by atomic mass is 9.93. The number of carbonyl (C=O) groups excluding carboxylic acids is 1. The highest BCUT2D eigenvalue weighted by Gasteiger charge is 2.32. The average Bonchev–Trinajstić information content (AvgIpc) is 2.34. The lowest BCUT2D eigenvalue weighted by Crippen LogP contribution is -2.48. The number of amides is 1. The van der Waals surface area contributed by atoms with Gasteiger partial charge in [0, 0.05) is 17.4 Å². The van der Waals surface area contributed by atoms with E-state index in [0.717, 1.165) is 0 Å². The van der Waals surface area contributed by atoms with Crippen molar-refractivity contribution in [3.8, 4) is 0 Å². The zero-order valence-electron chi connectivity index (χ0n) is 13.1. The van der Waals surface area contributed by atoms with Crippen LogP contribution in [-0.2, 0) is 4.79 Å². The first-order valence-electron chi connectivity index (χ1n) is 6.63. The van der Waals surface area contributed by atoms with E-state index in [1.54, 1.807) is 34.6 Å². The molecule has 0 saturated heterocycles. The highest BCUT2D eigenvalue weighted by Crippen LogP contribution is 2.33. The second kappa shape index (κ2) is 6.48. The van der Waals surface area contributed by atoms with Gasteiger partial charge in [-0.3, -0.25) is 4.79 Å². The Hall–Kier alpha value is -1.24. The van der Waals surface area contributed by atoms with Crippen LogP contribution >= 0.6 is 11.8 Å². The monoisotopic (exact) mass is 337 g/mol. The number of thioether (sulfide) groups is 1. The average molecular weight is 337 g/mol. The summed E-state index contributed by atoms with van der Waals surface area (Å²) >= 11 is 0.572. The van der Waals surface area contributed by atoms with E-state index in [1.165, 1.54) is 0 Å². The van der Waals surface area contributed by atoms with Crippen LogP contribution in [0.25, 0.3) is 0 Å². The molecule has 0 atom stereocenters. The van der Waals surface area contributed by atoms with Crippen molar-refractivity contribution in [3.05, 3.63) is 29.3 Å². The molecular formula is C15H19F4NOS. The summed E-state index contributed by atoms with van der Waals surface area (Å²) in [5, 5.41) is 2.76. The summed E-state index contributed by atoms with van der Waals surface area (Å²) in [4.78, 5) is 11.4. The highest BCUT2D eigenvalue weighted by atomic mass is 32.2. The molecule has 124 valence electrons. The maximum atomic E-state index is 13.6. The van der Waals surface area contributed by atoms with Crippen LogP contribution in [0.3, 0.4) is 0 Å². The summed E-state index contributed by atoms with van der Waals surface area (Å²) in [5.41, 5.74) is -1.43. The van der Waals surface area contributed by atoms with Gasteiger partial charge in [0.15, 0.2) is 23.3 Å². The van der Waals surface area contributed by atoms with Gasteiger partial charge in [0.25, 0.3) is 0 Å². The van der Waals surface area contributed by atoms with Crippen molar-refractivity contribution in [2.45, 2.75) is 45.1 Å². The molecule has 0 fully saturated rings.